The molecule has 2 nitrogen and oxygen atoms in total. The lowest BCUT2D eigenvalue weighted by Crippen LogP contribution is -2.30. The molecule has 2 aromatic rings. The SMILES string of the molecule is c1ccc(CC(NC2=NCCCCC2)c2ccccc2)cc1. The van der Waals surface area contributed by atoms with E-state index in [0.29, 0.717) is 6.04 Å². The van der Waals surface area contributed by atoms with E-state index < -0.39 is 0 Å². The van der Waals surface area contributed by atoms with Crippen LogP contribution in [0.25, 0.3) is 0 Å². The molecular weight excluding hydrogens is 268 g/mol. The molecule has 1 unspecified atom stereocenters. The van der Waals surface area contributed by atoms with Crippen molar-refractivity contribution in [1.29, 1.82) is 0 Å². The first-order chi connectivity index (χ1) is 10.9. The van der Waals surface area contributed by atoms with Gasteiger partial charge in [-0.3, -0.25) is 4.99 Å². The van der Waals surface area contributed by atoms with Gasteiger partial charge < -0.3 is 5.32 Å². The molecule has 2 heteroatoms. The van der Waals surface area contributed by atoms with E-state index in [1.54, 1.807) is 0 Å². The van der Waals surface area contributed by atoms with E-state index in [-0.39, 0.29) is 0 Å². The number of hydrogen-bond acceptors (Lipinski definition) is 2. The Morgan fingerprint density at radius 2 is 1.59 bits per heavy atom. The van der Waals surface area contributed by atoms with Crippen molar-refractivity contribution in [2.45, 2.75) is 38.1 Å². The Morgan fingerprint density at radius 3 is 2.36 bits per heavy atom. The Bertz CT molecular complexity index is 590. The van der Waals surface area contributed by atoms with Crippen molar-refractivity contribution < 1.29 is 0 Å². The van der Waals surface area contributed by atoms with Crippen LogP contribution in [0.1, 0.15) is 42.9 Å². The van der Waals surface area contributed by atoms with Gasteiger partial charge in [0.2, 0.25) is 0 Å². The molecule has 0 bridgehead atoms. The van der Waals surface area contributed by atoms with Gasteiger partial charge in [-0.2, -0.15) is 0 Å². The van der Waals surface area contributed by atoms with Gasteiger partial charge in [-0.1, -0.05) is 67.1 Å². The highest BCUT2D eigenvalue weighted by molar-refractivity contribution is 5.82. The maximum Gasteiger partial charge on any atom is 0.0967 e. The summed E-state index contributed by atoms with van der Waals surface area (Å²) in [5.41, 5.74) is 2.69. The summed E-state index contributed by atoms with van der Waals surface area (Å²) in [6.07, 6.45) is 5.84. The molecule has 22 heavy (non-hydrogen) atoms. The first-order valence-electron chi connectivity index (χ1n) is 8.30. The molecule has 0 aliphatic carbocycles. The number of benzene rings is 2. The van der Waals surface area contributed by atoms with Crippen LogP contribution in [0, 0.1) is 0 Å². The molecule has 0 radical (unpaired) electrons. The summed E-state index contributed by atoms with van der Waals surface area (Å²) in [5.74, 6) is 1.18. The lowest BCUT2D eigenvalue weighted by Gasteiger charge is -2.21. The van der Waals surface area contributed by atoms with Gasteiger partial charge in [0.25, 0.3) is 0 Å². The number of aliphatic imine (C=N–C) groups is 1. The average molecular weight is 292 g/mol. The standard InChI is InChI=1S/C20H24N2/c1-4-10-17(11-5-1)16-19(18-12-6-2-7-13-18)22-20-14-8-3-9-15-21-20/h1-2,4-7,10-13,19H,3,8-9,14-16H2,(H,21,22). The number of amidine groups is 1. The zero-order valence-corrected chi connectivity index (χ0v) is 13.0. The molecule has 0 saturated carbocycles. The van der Waals surface area contributed by atoms with Crippen LogP contribution in [0.15, 0.2) is 65.7 Å². The number of hydrogen-bond donors (Lipinski definition) is 1. The quantitative estimate of drug-likeness (QED) is 0.879. The van der Waals surface area contributed by atoms with Crippen LogP contribution in [0.2, 0.25) is 0 Å². The molecule has 1 atom stereocenters. The fourth-order valence-electron chi connectivity index (χ4n) is 2.98. The summed E-state index contributed by atoms with van der Waals surface area (Å²) < 4.78 is 0. The third kappa shape index (κ3) is 4.20. The van der Waals surface area contributed by atoms with Crippen molar-refractivity contribution in [3.63, 3.8) is 0 Å². The summed E-state index contributed by atoms with van der Waals surface area (Å²) >= 11 is 0. The predicted molar refractivity (Wildman–Crippen MR) is 93.2 cm³/mol. The Hall–Kier alpha value is -2.09. The Morgan fingerprint density at radius 1 is 0.864 bits per heavy atom. The van der Waals surface area contributed by atoms with Gasteiger partial charge in [-0.05, 0) is 30.4 Å². The fraction of sp³-hybridized carbons (Fsp3) is 0.350. The highest BCUT2D eigenvalue weighted by atomic mass is 15.0. The van der Waals surface area contributed by atoms with E-state index in [1.807, 2.05) is 0 Å². The smallest absolute Gasteiger partial charge is 0.0967 e. The largest absolute Gasteiger partial charge is 0.367 e. The molecule has 0 saturated heterocycles. The fourth-order valence-corrected chi connectivity index (χ4v) is 2.98. The minimum Gasteiger partial charge on any atom is -0.367 e. The second-order valence-corrected chi connectivity index (χ2v) is 5.94. The first kappa shape index (κ1) is 14.8. The van der Waals surface area contributed by atoms with Crippen molar-refractivity contribution in [3.05, 3.63) is 71.8 Å². The average Bonchev–Trinajstić information content (AvgIpc) is 2.85. The number of rotatable bonds is 4. The van der Waals surface area contributed by atoms with Crippen molar-refractivity contribution in [2.75, 3.05) is 6.54 Å². The monoisotopic (exact) mass is 292 g/mol. The van der Waals surface area contributed by atoms with Crippen LogP contribution in [0.4, 0.5) is 0 Å². The molecule has 1 aliphatic rings. The van der Waals surface area contributed by atoms with Crippen molar-refractivity contribution >= 4 is 5.84 Å². The molecular formula is C20H24N2. The van der Waals surface area contributed by atoms with E-state index >= 15 is 0 Å². The van der Waals surface area contributed by atoms with Gasteiger partial charge in [0.1, 0.15) is 0 Å². The second-order valence-electron chi connectivity index (χ2n) is 5.94. The van der Waals surface area contributed by atoms with Crippen LogP contribution < -0.4 is 5.32 Å². The summed E-state index contributed by atoms with van der Waals surface area (Å²) in [7, 11) is 0. The van der Waals surface area contributed by atoms with Crippen LogP contribution in [-0.2, 0) is 6.42 Å². The van der Waals surface area contributed by atoms with Gasteiger partial charge in [-0.15, -0.1) is 0 Å². The van der Waals surface area contributed by atoms with Crippen LogP contribution in [0.5, 0.6) is 0 Å². The van der Waals surface area contributed by atoms with Crippen LogP contribution in [-0.4, -0.2) is 12.4 Å². The molecule has 114 valence electrons. The lowest BCUT2D eigenvalue weighted by molar-refractivity contribution is 0.632. The number of nitrogens with one attached hydrogen (secondary N) is 1. The van der Waals surface area contributed by atoms with E-state index in [2.05, 4.69) is 66.0 Å². The van der Waals surface area contributed by atoms with Gasteiger partial charge >= 0.3 is 0 Å². The molecule has 0 fully saturated rings. The normalized spacial score (nSPS) is 16.5. The minimum atomic E-state index is 0.292. The molecule has 1 N–H and O–H groups in total. The van der Waals surface area contributed by atoms with Gasteiger partial charge in [0.05, 0.1) is 11.9 Å². The summed E-state index contributed by atoms with van der Waals surface area (Å²) in [6, 6.07) is 21.7. The Labute approximate surface area is 133 Å². The van der Waals surface area contributed by atoms with Gasteiger partial charge in [-0.25, -0.2) is 0 Å². The molecule has 0 amide bonds. The maximum absolute atomic E-state index is 4.74. The maximum atomic E-state index is 4.74. The zero-order valence-electron chi connectivity index (χ0n) is 13.0. The van der Waals surface area contributed by atoms with Crippen molar-refractivity contribution in [1.82, 2.24) is 5.32 Å². The highest BCUT2D eigenvalue weighted by Crippen LogP contribution is 2.19. The summed E-state index contributed by atoms with van der Waals surface area (Å²) in [6.45, 7) is 0.967. The van der Waals surface area contributed by atoms with Gasteiger partial charge in [0, 0.05) is 13.0 Å². The Kier molecular flexibility index (Phi) is 5.25. The molecule has 3 rings (SSSR count). The molecule has 0 aromatic heterocycles. The summed E-state index contributed by atoms with van der Waals surface area (Å²) in [5, 5.41) is 3.71. The lowest BCUT2D eigenvalue weighted by atomic mass is 9.98. The summed E-state index contributed by atoms with van der Waals surface area (Å²) in [4.78, 5) is 4.74. The van der Waals surface area contributed by atoms with Gasteiger partial charge in [0.15, 0.2) is 0 Å². The van der Waals surface area contributed by atoms with Crippen molar-refractivity contribution in [3.8, 4) is 0 Å². The zero-order chi connectivity index (χ0) is 15.0. The number of nitrogens with zero attached hydrogens (tertiary/aromatic N) is 1. The highest BCUT2D eigenvalue weighted by Gasteiger charge is 2.14. The third-order valence-electron chi connectivity index (χ3n) is 4.20. The minimum absolute atomic E-state index is 0.292. The van der Waals surface area contributed by atoms with E-state index in [4.69, 9.17) is 4.99 Å². The first-order valence-corrected chi connectivity index (χ1v) is 8.30. The molecule has 1 aliphatic heterocycles. The predicted octanol–water partition coefficient (Wildman–Crippen LogP) is 4.53. The molecule has 2 aromatic carbocycles. The van der Waals surface area contributed by atoms with Crippen LogP contribution >= 0.6 is 0 Å². The second kappa shape index (κ2) is 7.79. The topological polar surface area (TPSA) is 24.4 Å². The van der Waals surface area contributed by atoms with Crippen molar-refractivity contribution in [2.24, 2.45) is 4.99 Å². The van der Waals surface area contributed by atoms with E-state index in [0.717, 1.165) is 19.4 Å². The van der Waals surface area contributed by atoms with E-state index in [9.17, 15) is 0 Å². The third-order valence-corrected chi connectivity index (χ3v) is 4.20. The van der Waals surface area contributed by atoms with Crippen LogP contribution in [0.3, 0.4) is 0 Å². The molecule has 1 heterocycles. The Balaban J connectivity index is 1.78. The molecule has 0 spiro atoms. The van der Waals surface area contributed by atoms with E-state index in [1.165, 1.54) is 36.2 Å².